The van der Waals surface area contributed by atoms with E-state index in [-0.39, 0.29) is 11.9 Å². The monoisotopic (exact) mass is 357 g/mol. The fraction of sp³-hybridized carbons (Fsp3) is 0.500. The molecule has 3 heterocycles. The molecule has 2 aliphatic rings. The molecule has 0 radical (unpaired) electrons. The zero-order chi connectivity index (χ0) is 18.1. The van der Waals surface area contributed by atoms with Gasteiger partial charge in [0.1, 0.15) is 13.2 Å². The SMILES string of the molecule is Cc1c(C(=O)NC2CCNC(C)C2)nnn1-c1ccc2c(c1)OCCO2. The Kier molecular flexibility index (Phi) is 4.50. The van der Waals surface area contributed by atoms with E-state index in [1.807, 2.05) is 25.1 Å². The third-order valence-corrected chi connectivity index (χ3v) is 4.84. The Balaban J connectivity index is 1.53. The van der Waals surface area contributed by atoms with Crippen LogP contribution in [-0.4, -0.2) is 52.7 Å². The highest BCUT2D eigenvalue weighted by molar-refractivity contribution is 5.93. The van der Waals surface area contributed by atoms with Crippen molar-refractivity contribution in [3.05, 3.63) is 29.6 Å². The predicted octanol–water partition coefficient (Wildman–Crippen LogP) is 1.22. The van der Waals surface area contributed by atoms with Crippen LogP contribution >= 0.6 is 0 Å². The van der Waals surface area contributed by atoms with Gasteiger partial charge in [-0.25, -0.2) is 4.68 Å². The number of nitrogens with zero attached hydrogens (tertiary/aromatic N) is 3. The number of ether oxygens (including phenoxy) is 2. The van der Waals surface area contributed by atoms with Gasteiger partial charge in [-0.1, -0.05) is 5.21 Å². The van der Waals surface area contributed by atoms with Crippen LogP contribution in [0.3, 0.4) is 0 Å². The summed E-state index contributed by atoms with van der Waals surface area (Å²) in [6.07, 6.45) is 1.84. The molecule has 0 bridgehead atoms. The van der Waals surface area contributed by atoms with Crippen molar-refractivity contribution >= 4 is 5.91 Å². The van der Waals surface area contributed by atoms with Crippen LogP contribution < -0.4 is 20.1 Å². The van der Waals surface area contributed by atoms with Crippen LogP contribution in [0.25, 0.3) is 5.69 Å². The van der Waals surface area contributed by atoms with E-state index in [1.165, 1.54) is 0 Å². The molecule has 1 aromatic heterocycles. The minimum absolute atomic E-state index is 0.164. The summed E-state index contributed by atoms with van der Waals surface area (Å²) < 4.78 is 12.8. The molecular formula is C18H23N5O3. The van der Waals surface area contributed by atoms with Gasteiger partial charge in [0, 0.05) is 18.2 Å². The van der Waals surface area contributed by atoms with Crippen LogP contribution in [0.15, 0.2) is 18.2 Å². The number of carbonyl (C=O) groups excluding carboxylic acids is 1. The summed E-state index contributed by atoms with van der Waals surface area (Å²) in [5.74, 6) is 1.22. The first-order valence-corrected chi connectivity index (χ1v) is 8.98. The van der Waals surface area contributed by atoms with Crippen molar-refractivity contribution in [1.29, 1.82) is 0 Å². The van der Waals surface area contributed by atoms with Crippen LogP contribution in [0.5, 0.6) is 11.5 Å². The van der Waals surface area contributed by atoms with Crippen molar-refractivity contribution in [2.24, 2.45) is 0 Å². The molecule has 26 heavy (non-hydrogen) atoms. The van der Waals surface area contributed by atoms with Crippen LogP contribution in [0, 0.1) is 6.92 Å². The Morgan fingerprint density at radius 3 is 2.92 bits per heavy atom. The van der Waals surface area contributed by atoms with Crippen LogP contribution in [0.2, 0.25) is 0 Å². The van der Waals surface area contributed by atoms with Crippen LogP contribution in [0.4, 0.5) is 0 Å². The third-order valence-electron chi connectivity index (χ3n) is 4.84. The maximum Gasteiger partial charge on any atom is 0.273 e. The third kappa shape index (κ3) is 3.24. The molecule has 2 unspecified atom stereocenters. The van der Waals surface area contributed by atoms with Crippen molar-refractivity contribution in [3.63, 3.8) is 0 Å². The van der Waals surface area contributed by atoms with Crippen molar-refractivity contribution in [1.82, 2.24) is 25.6 Å². The number of nitrogens with one attached hydrogen (secondary N) is 2. The lowest BCUT2D eigenvalue weighted by Gasteiger charge is -2.28. The highest BCUT2D eigenvalue weighted by Gasteiger charge is 2.24. The van der Waals surface area contributed by atoms with Gasteiger partial charge in [0.15, 0.2) is 17.2 Å². The molecular weight excluding hydrogens is 334 g/mol. The fourth-order valence-corrected chi connectivity index (χ4v) is 3.46. The fourth-order valence-electron chi connectivity index (χ4n) is 3.46. The molecule has 1 aromatic carbocycles. The van der Waals surface area contributed by atoms with E-state index in [9.17, 15) is 4.79 Å². The minimum atomic E-state index is -0.176. The Morgan fingerprint density at radius 1 is 1.31 bits per heavy atom. The largest absolute Gasteiger partial charge is 0.486 e. The molecule has 2 aliphatic heterocycles. The first-order valence-electron chi connectivity index (χ1n) is 8.98. The number of carbonyl (C=O) groups is 1. The van der Waals surface area contributed by atoms with Gasteiger partial charge in [-0.15, -0.1) is 5.10 Å². The van der Waals surface area contributed by atoms with E-state index in [4.69, 9.17) is 9.47 Å². The maximum absolute atomic E-state index is 12.6. The summed E-state index contributed by atoms with van der Waals surface area (Å²) in [7, 11) is 0. The van der Waals surface area contributed by atoms with Gasteiger partial charge in [-0.05, 0) is 45.4 Å². The second kappa shape index (κ2) is 6.95. The molecule has 2 atom stereocenters. The van der Waals surface area contributed by atoms with Crippen molar-refractivity contribution in [2.45, 2.75) is 38.8 Å². The van der Waals surface area contributed by atoms with E-state index in [0.29, 0.717) is 36.4 Å². The van der Waals surface area contributed by atoms with E-state index in [2.05, 4.69) is 27.9 Å². The molecule has 0 aliphatic carbocycles. The lowest BCUT2D eigenvalue weighted by Crippen LogP contribution is -2.46. The maximum atomic E-state index is 12.6. The standard InChI is InChI=1S/C18H23N5O3/c1-11-9-13(5-6-19-11)20-18(24)17-12(2)23(22-21-17)14-3-4-15-16(10-14)26-8-7-25-15/h3-4,10-11,13,19H,5-9H2,1-2H3,(H,20,24). The Morgan fingerprint density at radius 2 is 2.12 bits per heavy atom. The summed E-state index contributed by atoms with van der Waals surface area (Å²) in [5.41, 5.74) is 1.83. The summed E-state index contributed by atoms with van der Waals surface area (Å²) in [6, 6.07) is 6.15. The van der Waals surface area contributed by atoms with Gasteiger partial charge >= 0.3 is 0 Å². The molecule has 1 saturated heterocycles. The molecule has 8 heteroatoms. The second-order valence-electron chi connectivity index (χ2n) is 6.81. The number of hydrogen-bond donors (Lipinski definition) is 2. The first kappa shape index (κ1) is 16.8. The van der Waals surface area contributed by atoms with Crippen LogP contribution in [-0.2, 0) is 0 Å². The minimum Gasteiger partial charge on any atom is -0.486 e. The quantitative estimate of drug-likeness (QED) is 0.858. The van der Waals surface area contributed by atoms with Crippen molar-refractivity contribution in [2.75, 3.05) is 19.8 Å². The molecule has 0 spiro atoms. The van der Waals surface area contributed by atoms with E-state index < -0.39 is 0 Å². The lowest BCUT2D eigenvalue weighted by atomic mass is 10.0. The van der Waals surface area contributed by atoms with Gasteiger partial charge in [0.2, 0.25) is 0 Å². The summed E-state index contributed by atoms with van der Waals surface area (Å²) in [5, 5.41) is 14.7. The highest BCUT2D eigenvalue weighted by Crippen LogP contribution is 2.32. The lowest BCUT2D eigenvalue weighted by molar-refractivity contribution is 0.0920. The summed E-state index contributed by atoms with van der Waals surface area (Å²) >= 11 is 0. The number of rotatable bonds is 3. The number of fused-ring (bicyclic) bond motifs is 1. The molecule has 0 saturated carbocycles. The molecule has 1 fully saturated rings. The predicted molar refractivity (Wildman–Crippen MR) is 95.0 cm³/mol. The smallest absolute Gasteiger partial charge is 0.273 e. The Hall–Kier alpha value is -2.61. The molecule has 2 aromatic rings. The number of amides is 1. The molecule has 1 amide bonds. The average molecular weight is 357 g/mol. The zero-order valence-corrected chi connectivity index (χ0v) is 15.0. The zero-order valence-electron chi connectivity index (χ0n) is 15.0. The first-order chi connectivity index (χ1) is 12.6. The van der Waals surface area contributed by atoms with E-state index in [1.54, 1.807) is 4.68 Å². The van der Waals surface area contributed by atoms with Gasteiger partial charge in [0.05, 0.1) is 11.4 Å². The van der Waals surface area contributed by atoms with Crippen molar-refractivity contribution < 1.29 is 14.3 Å². The number of hydrogen-bond acceptors (Lipinski definition) is 6. The van der Waals surface area contributed by atoms with Crippen molar-refractivity contribution in [3.8, 4) is 17.2 Å². The second-order valence-corrected chi connectivity index (χ2v) is 6.81. The van der Waals surface area contributed by atoms with Gasteiger partial charge in [-0.3, -0.25) is 4.79 Å². The Labute approximate surface area is 151 Å². The molecule has 138 valence electrons. The number of aromatic nitrogens is 3. The topological polar surface area (TPSA) is 90.3 Å². The average Bonchev–Trinajstić information content (AvgIpc) is 3.03. The summed E-state index contributed by atoms with van der Waals surface area (Å²) in [6.45, 7) is 5.96. The van der Waals surface area contributed by atoms with Gasteiger partial charge < -0.3 is 20.1 Å². The van der Waals surface area contributed by atoms with Gasteiger partial charge in [0.25, 0.3) is 5.91 Å². The van der Waals surface area contributed by atoms with Gasteiger partial charge in [-0.2, -0.15) is 0 Å². The van der Waals surface area contributed by atoms with E-state index >= 15 is 0 Å². The molecule has 8 nitrogen and oxygen atoms in total. The van der Waals surface area contributed by atoms with E-state index in [0.717, 1.165) is 30.8 Å². The summed E-state index contributed by atoms with van der Waals surface area (Å²) in [4.78, 5) is 12.6. The molecule has 4 rings (SSSR count). The number of piperidine rings is 1. The normalized spacial score (nSPS) is 22.1. The molecule has 2 N–H and O–H groups in total. The van der Waals surface area contributed by atoms with Crippen LogP contribution in [0.1, 0.15) is 35.9 Å². The Bertz CT molecular complexity index is 819. The number of benzene rings is 1. The highest BCUT2D eigenvalue weighted by atomic mass is 16.6.